The molecule has 3 aliphatic heterocycles. The van der Waals surface area contributed by atoms with Crippen molar-refractivity contribution >= 4 is 5.91 Å². The molecule has 0 aromatic carbocycles. The van der Waals surface area contributed by atoms with Gasteiger partial charge in [0, 0.05) is 31.7 Å². The molecule has 1 saturated carbocycles. The molecule has 3 saturated heterocycles. The van der Waals surface area contributed by atoms with Gasteiger partial charge >= 0.3 is 0 Å². The monoisotopic (exact) mass is 434 g/mol. The second-order valence-electron chi connectivity index (χ2n) is 10.6. The summed E-state index contributed by atoms with van der Waals surface area (Å²) in [7, 11) is 0. The minimum absolute atomic E-state index is 0.165. The van der Waals surface area contributed by atoms with Crippen LogP contribution in [0.2, 0.25) is 0 Å². The van der Waals surface area contributed by atoms with Crippen molar-refractivity contribution in [2.45, 2.75) is 76.2 Å². The number of carbonyl (C=O) groups excluding carboxylic acids is 1. The van der Waals surface area contributed by atoms with Gasteiger partial charge in [0.25, 0.3) is 0 Å². The first-order valence-electron chi connectivity index (χ1n) is 13.3. The Morgan fingerprint density at radius 3 is 2.13 bits per heavy atom. The Bertz CT molecular complexity index is 530. The summed E-state index contributed by atoms with van der Waals surface area (Å²) in [5, 5.41) is 3.35. The van der Waals surface area contributed by atoms with E-state index in [-0.39, 0.29) is 11.4 Å². The van der Waals surface area contributed by atoms with E-state index < -0.39 is 0 Å². The van der Waals surface area contributed by atoms with E-state index in [9.17, 15) is 4.79 Å². The summed E-state index contributed by atoms with van der Waals surface area (Å²) < 4.78 is 5.59. The van der Waals surface area contributed by atoms with Crippen LogP contribution in [0.1, 0.15) is 70.6 Å². The predicted molar refractivity (Wildman–Crippen MR) is 125 cm³/mol. The number of rotatable bonds is 7. The number of likely N-dealkylation sites (tertiary alicyclic amines) is 2. The van der Waals surface area contributed by atoms with Crippen LogP contribution in [-0.4, -0.2) is 98.3 Å². The fourth-order valence-corrected chi connectivity index (χ4v) is 6.39. The molecule has 0 unspecified atom stereocenters. The molecule has 0 spiro atoms. The molecule has 0 radical (unpaired) electrons. The van der Waals surface area contributed by atoms with Gasteiger partial charge in [-0.05, 0) is 70.6 Å². The second-order valence-corrected chi connectivity index (χ2v) is 10.6. The minimum atomic E-state index is 0.165. The van der Waals surface area contributed by atoms with Gasteiger partial charge in [0.05, 0.1) is 19.8 Å². The van der Waals surface area contributed by atoms with Gasteiger partial charge in [-0.1, -0.05) is 32.1 Å². The van der Waals surface area contributed by atoms with Crippen LogP contribution >= 0.6 is 0 Å². The standard InChI is InChI=1S/C25H46N4O2/c30-24(26-22-25(10-4-3-5-11-25)29-16-18-31-19-17-29)21-28-14-8-23(9-15-28)20-27-12-6-1-2-7-13-27/h23H,1-22H2,(H,26,30). The van der Waals surface area contributed by atoms with Crippen LogP contribution in [0, 0.1) is 5.92 Å². The normalized spacial score (nSPS) is 27.6. The van der Waals surface area contributed by atoms with E-state index in [4.69, 9.17) is 4.74 Å². The molecule has 0 aromatic heterocycles. The number of morpholine rings is 1. The first-order valence-corrected chi connectivity index (χ1v) is 13.3. The molecule has 4 aliphatic rings. The summed E-state index contributed by atoms with van der Waals surface area (Å²) in [5.74, 6) is 1.05. The van der Waals surface area contributed by atoms with Gasteiger partial charge in [-0.2, -0.15) is 0 Å². The third-order valence-corrected chi connectivity index (χ3v) is 8.37. The van der Waals surface area contributed by atoms with Gasteiger partial charge < -0.3 is 15.0 Å². The summed E-state index contributed by atoms with van der Waals surface area (Å²) in [5.41, 5.74) is 0.165. The average Bonchev–Trinajstić information content (AvgIpc) is 3.09. The largest absolute Gasteiger partial charge is 0.379 e. The number of nitrogens with zero attached hydrogens (tertiary/aromatic N) is 3. The van der Waals surface area contributed by atoms with Crippen LogP contribution in [0.3, 0.4) is 0 Å². The SMILES string of the molecule is O=C(CN1CCC(CN2CCCCCC2)CC1)NCC1(N2CCOCC2)CCCCC1. The van der Waals surface area contributed by atoms with Crippen molar-refractivity contribution in [1.82, 2.24) is 20.0 Å². The van der Waals surface area contributed by atoms with Crippen LogP contribution in [0.5, 0.6) is 0 Å². The number of amides is 1. The minimum Gasteiger partial charge on any atom is -0.379 e. The summed E-state index contributed by atoms with van der Waals surface area (Å²) >= 11 is 0. The first kappa shape index (κ1) is 23.5. The Morgan fingerprint density at radius 1 is 0.806 bits per heavy atom. The van der Waals surface area contributed by atoms with Crippen molar-refractivity contribution in [1.29, 1.82) is 0 Å². The van der Waals surface area contributed by atoms with E-state index in [0.717, 1.165) is 51.9 Å². The summed E-state index contributed by atoms with van der Waals surface area (Å²) in [6.07, 6.45) is 14.4. The summed E-state index contributed by atoms with van der Waals surface area (Å²) in [4.78, 5) is 20.5. The first-order chi connectivity index (χ1) is 15.2. The zero-order valence-electron chi connectivity index (χ0n) is 19.8. The van der Waals surface area contributed by atoms with Gasteiger partial charge in [-0.15, -0.1) is 0 Å². The second kappa shape index (κ2) is 12.0. The highest BCUT2D eigenvalue weighted by Crippen LogP contribution is 2.34. The highest BCUT2D eigenvalue weighted by Gasteiger charge is 2.39. The lowest BCUT2D eigenvalue weighted by Crippen LogP contribution is -2.60. The van der Waals surface area contributed by atoms with E-state index in [1.165, 1.54) is 90.3 Å². The number of hydrogen-bond acceptors (Lipinski definition) is 5. The van der Waals surface area contributed by atoms with Gasteiger partial charge in [0.1, 0.15) is 0 Å². The quantitative estimate of drug-likeness (QED) is 0.668. The van der Waals surface area contributed by atoms with Crippen LogP contribution in [0.15, 0.2) is 0 Å². The highest BCUT2D eigenvalue weighted by atomic mass is 16.5. The van der Waals surface area contributed by atoms with Crippen molar-refractivity contribution in [3.05, 3.63) is 0 Å². The van der Waals surface area contributed by atoms with Crippen molar-refractivity contribution in [2.24, 2.45) is 5.92 Å². The molecule has 4 rings (SSSR count). The third kappa shape index (κ3) is 6.89. The molecule has 4 fully saturated rings. The number of nitrogens with one attached hydrogen (secondary N) is 1. The van der Waals surface area contributed by atoms with Crippen molar-refractivity contribution in [2.75, 3.05) is 72.1 Å². The van der Waals surface area contributed by atoms with E-state index in [1.807, 2.05) is 0 Å². The Labute approximate surface area is 190 Å². The Kier molecular flexibility index (Phi) is 9.06. The summed E-state index contributed by atoms with van der Waals surface area (Å²) in [6, 6.07) is 0. The molecule has 3 heterocycles. The zero-order valence-corrected chi connectivity index (χ0v) is 19.8. The molecule has 1 N–H and O–H groups in total. The zero-order chi connectivity index (χ0) is 21.4. The molecule has 1 aliphatic carbocycles. The molecular formula is C25H46N4O2. The molecule has 178 valence electrons. The maximum Gasteiger partial charge on any atom is 0.234 e. The van der Waals surface area contributed by atoms with Crippen LogP contribution < -0.4 is 5.32 Å². The smallest absolute Gasteiger partial charge is 0.234 e. The molecule has 6 heteroatoms. The van der Waals surface area contributed by atoms with E-state index in [2.05, 4.69) is 20.0 Å². The van der Waals surface area contributed by atoms with Crippen LogP contribution in [-0.2, 0) is 9.53 Å². The van der Waals surface area contributed by atoms with Crippen LogP contribution in [0.4, 0.5) is 0 Å². The fourth-order valence-electron chi connectivity index (χ4n) is 6.39. The van der Waals surface area contributed by atoms with E-state index in [1.54, 1.807) is 0 Å². The summed E-state index contributed by atoms with van der Waals surface area (Å²) in [6.45, 7) is 11.1. The van der Waals surface area contributed by atoms with Gasteiger partial charge in [-0.3, -0.25) is 14.6 Å². The van der Waals surface area contributed by atoms with E-state index in [0.29, 0.717) is 6.54 Å². The predicted octanol–water partition coefficient (Wildman–Crippen LogP) is 2.73. The molecule has 0 aromatic rings. The fraction of sp³-hybridized carbons (Fsp3) is 0.960. The topological polar surface area (TPSA) is 48.1 Å². The number of ether oxygens (including phenoxy) is 1. The lowest BCUT2D eigenvalue weighted by molar-refractivity contribution is -0.124. The van der Waals surface area contributed by atoms with Crippen LogP contribution in [0.25, 0.3) is 0 Å². The maximum absolute atomic E-state index is 12.8. The van der Waals surface area contributed by atoms with E-state index >= 15 is 0 Å². The molecule has 0 bridgehead atoms. The average molecular weight is 435 g/mol. The number of hydrogen-bond donors (Lipinski definition) is 1. The van der Waals surface area contributed by atoms with Gasteiger partial charge in [-0.25, -0.2) is 0 Å². The van der Waals surface area contributed by atoms with Crippen molar-refractivity contribution in [3.8, 4) is 0 Å². The molecule has 6 nitrogen and oxygen atoms in total. The Balaban J connectivity index is 1.18. The molecular weight excluding hydrogens is 388 g/mol. The van der Waals surface area contributed by atoms with Crippen molar-refractivity contribution in [3.63, 3.8) is 0 Å². The lowest BCUT2D eigenvalue weighted by Gasteiger charge is -2.48. The third-order valence-electron chi connectivity index (χ3n) is 8.37. The molecule has 0 atom stereocenters. The maximum atomic E-state index is 12.8. The van der Waals surface area contributed by atoms with Crippen molar-refractivity contribution < 1.29 is 9.53 Å². The molecule has 31 heavy (non-hydrogen) atoms. The Hall–Kier alpha value is -0.690. The lowest BCUT2D eigenvalue weighted by atomic mass is 9.79. The highest BCUT2D eigenvalue weighted by molar-refractivity contribution is 5.78. The van der Waals surface area contributed by atoms with Gasteiger partial charge in [0.2, 0.25) is 5.91 Å². The Morgan fingerprint density at radius 2 is 1.45 bits per heavy atom. The molecule has 1 amide bonds. The van der Waals surface area contributed by atoms with Gasteiger partial charge in [0.15, 0.2) is 0 Å². The number of carbonyl (C=O) groups is 1. The number of piperidine rings is 1.